The Morgan fingerprint density at radius 3 is 2.57 bits per heavy atom. The van der Waals surface area contributed by atoms with Crippen molar-refractivity contribution in [1.82, 2.24) is 5.16 Å². The van der Waals surface area contributed by atoms with E-state index in [1.54, 1.807) is 0 Å². The minimum absolute atomic E-state index is 0.0148. The molecule has 0 saturated carbocycles. The van der Waals surface area contributed by atoms with Crippen LogP contribution in [-0.2, 0) is 11.3 Å². The second kappa shape index (κ2) is 6.43. The summed E-state index contributed by atoms with van der Waals surface area (Å²) in [7, 11) is 0. The molecule has 1 aromatic carbocycles. The SMILES string of the molecule is CCC(=O)Nc1cccc(NCc2c(C)noc2C)c1C. The number of carbonyl (C=O) groups is 1. The maximum Gasteiger partial charge on any atom is 0.224 e. The number of carbonyl (C=O) groups excluding carboxylic acids is 1. The molecule has 1 amide bonds. The molecular formula is C16H21N3O2. The van der Waals surface area contributed by atoms with Crippen molar-refractivity contribution in [3.05, 3.63) is 40.8 Å². The lowest BCUT2D eigenvalue weighted by molar-refractivity contribution is -0.115. The molecular weight excluding hydrogens is 266 g/mol. The molecule has 1 heterocycles. The Labute approximate surface area is 124 Å². The first-order valence-electron chi connectivity index (χ1n) is 7.08. The Hall–Kier alpha value is -2.30. The Morgan fingerprint density at radius 1 is 1.24 bits per heavy atom. The van der Waals surface area contributed by atoms with Gasteiger partial charge in [-0.3, -0.25) is 4.79 Å². The molecule has 2 N–H and O–H groups in total. The molecule has 0 saturated heterocycles. The third kappa shape index (κ3) is 3.42. The van der Waals surface area contributed by atoms with Crippen LogP contribution < -0.4 is 10.6 Å². The van der Waals surface area contributed by atoms with Gasteiger partial charge in [0.2, 0.25) is 5.91 Å². The van der Waals surface area contributed by atoms with Gasteiger partial charge in [-0.05, 0) is 38.5 Å². The van der Waals surface area contributed by atoms with E-state index in [0.29, 0.717) is 13.0 Å². The van der Waals surface area contributed by atoms with Crippen LogP contribution in [0.25, 0.3) is 0 Å². The Bertz CT molecular complexity index is 627. The number of anilines is 2. The van der Waals surface area contributed by atoms with Gasteiger partial charge in [0.25, 0.3) is 0 Å². The highest BCUT2D eigenvalue weighted by Gasteiger charge is 2.10. The molecule has 0 aliphatic rings. The van der Waals surface area contributed by atoms with Gasteiger partial charge in [0.05, 0.1) is 5.69 Å². The average molecular weight is 287 g/mol. The molecule has 0 unspecified atom stereocenters. The Kier molecular flexibility index (Phi) is 4.62. The molecule has 0 aliphatic heterocycles. The van der Waals surface area contributed by atoms with Crippen LogP contribution in [0.2, 0.25) is 0 Å². The van der Waals surface area contributed by atoms with Gasteiger partial charge in [0, 0.05) is 29.9 Å². The van der Waals surface area contributed by atoms with Crippen LogP contribution in [0.15, 0.2) is 22.7 Å². The molecule has 5 nitrogen and oxygen atoms in total. The highest BCUT2D eigenvalue weighted by atomic mass is 16.5. The number of aryl methyl sites for hydroxylation is 2. The van der Waals surface area contributed by atoms with E-state index in [1.165, 1.54) is 0 Å². The zero-order chi connectivity index (χ0) is 15.4. The zero-order valence-electron chi connectivity index (χ0n) is 12.9. The van der Waals surface area contributed by atoms with E-state index in [1.807, 2.05) is 45.9 Å². The maximum atomic E-state index is 11.5. The van der Waals surface area contributed by atoms with Crippen molar-refractivity contribution in [3.8, 4) is 0 Å². The van der Waals surface area contributed by atoms with Crippen molar-refractivity contribution in [3.63, 3.8) is 0 Å². The topological polar surface area (TPSA) is 67.2 Å². The van der Waals surface area contributed by atoms with Gasteiger partial charge < -0.3 is 15.2 Å². The normalized spacial score (nSPS) is 10.5. The van der Waals surface area contributed by atoms with E-state index >= 15 is 0 Å². The van der Waals surface area contributed by atoms with E-state index in [-0.39, 0.29) is 5.91 Å². The molecule has 0 bridgehead atoms. The maximum absolute atomic E-state index is 11.5. The molecule has 0 radical (unpaired) electrons. The van der Waals surface area contributed by atoms with Gasteiger partial charge in [-0.2, -0.15) is 0 Å². The standard InChI is InChI=1S/C16H21N3O2/c1-5-16(20)18-15-8-6-7-14(10(15)2)17-9-13-11(3)19-21-12(13)4/h6-8,17H,5,9H2,1-4H3,(H,18,20). The second-order valence-electron chi connectivity index (χ2n) is 5.04. The van der Waals surface area contributed by atoms with Gasteiger partial charge in [0.15, 0.2) is 0 Å². The van der Waals surface area contributed by atoms with Crippen LogP contribution in [0, 0.1) is 20.8 Å². The smallest absolute Gasteiger partial charge is 0.224 e. The number of nitrogens with one attached hydrogen (secondary N) is 2. The lowest BCUT2D eigenvalue weighted by Gasteiger charge is -2.14. The summed E-state index contributed by atoms with van der Waals surface area (Å²) >= 11 is 0. The number of nitrogens with zero attached hydrogens (tertiary/aromatic N) is 1. The fraction of sp³-hybridized carbons (Fsp3) is 0.375. The summed E-state index contributed by atoms with van der Waals surface area (Å²) in [5.74, 6) is 0.842. The minimum atomic E-state index is 0.0148. The number of hydrogen-bond donors (Lipinski definition) is 2. The summed E-state index contributed by atoms with van der Waals surface area (Å²) in [4.78, 5) is 11.5. The lowest BCUT2D eigenvalue weighted by Crippen LogP contribution is -2.11. The van der Waals surface area contributed by atoms with Crippen LogP contribution in [0.5, 0.6) is 0 Å². The first-order chi connectivity index (χ1) is 10.0. The van der Waals surface area contributed by atoms with Crippen LogP contribution in [0.3, 0.4) is 0 Å². The van der Waals surface area contributed by atoms with Gasteiger partial charge >= 0.3 is 0 Å². The van der Waals surface area contributed by atoms with Gasteiger partial charge in [0.1, 0.15) is 5.76 Å². The molecule has 21 heavy (non-hydrogen) atoms. The molecule has 0 atom stereocenters. The second-order valence-corrected chi connectivity index (χ2v) is 5.04. The molecule has 112 valence electrons. The van der Waals surface area contributed by atoms with E-state index in [9.17, 15) is 4.79 Å². The van der Waals surface area contributed by atoms with E-state index < -0.39 is 0 Å². The van der Waals surface area contributed by atoms with Crippen molar-refractivity contribution in [2.45, 2.75) is 40.7 Å². The predicted molar refractivity (Wildman–Crippen MR) is 83.4 cm³/mol. The average Bonchev–Trinajstić information content (AvgIpc) is 2.79. The van der Waals surface area contributed by atoms with Crippen molar-refractivity contribution in [2.24, 2.45) is 0 Å². The van der Waals surface area contributed by atoms with E-state index in [2.05, 4.69) is 15.8 Å². The van der Waals surface area contributed by atoms with Crippen molar-refractivity contribution < 1.29 is 9.32 Å². The third-order valence-corrected chi connectivity index (χ3v) is 3.57. The first kappa shape index (κ1) is 15.1. The fourth-order valence-corrected chi connectivity index (χ4v) is 2.14. The molecule has 2 rings (SSSR count). The van der Waals surface area contributed by atoms with Crippen LogP contribution in [-0.4, -0.2) is 11.1 Å². The van der Waals surface area contributed by atoms with Crippen LogP contribution in [0.1, 0.15) is 35.9 Å². The lowest BCUT2D eigenvalue weighted by atomic mass is 10.1. The number of hydrogen-bond acceptors (Lipinski definition) is 4. The van der Waals surface area contributed by atoms with Crippen LogP contribution in [0.4, 0.5) is 11.4 Å². The summed E-state index contributed by atoms with van der Waals surface area (Å²) in [5.41, 5.74) is 4.81. The summed E-state index contributed by atoms with van der Waals surface area (Å²) in [6.45, 7) is 8.30. The summed E-state index contributed by atoms with van der Waals surface area (Å²) in [6, 6.07) is 5.83. The quantitative estimate of drug-likeness (QED) is 0.882. The van der Waals surface area contributed by atoms with Crippen molar-refractivity contribution >= 4 is 17.3 Å². The summed E-state index contributed by atoms with van der Waals surface area (Å²) in [6.07, 6.45) is 0.468. The minimum Gasteiger partial charge on any atom is -0.380 e. The van der Waals surface area contributed by atoms with E-state index in [4.69, 9.17) is 4.52 Å². The number of aromatic nitrogens is 1. The molecule has 5 heteroatoms. The number of rotatable bonds is 5. The van der Waals surface area contributed by atoms with E-state index in [0.717, 1.165) is 34.0 Å². The fourth-order valence-electron chi connectivity index (χ4n) is 2.14. The molecule has 0 aliphatic carbocycles. The third-order valence-electron chi connectivity index (χ3n) is 3.57. The molecule has 2 aromatic rings. The largest absolute Gasteiger partial charge is 0.380 e. The molecule has 1 aromatic heterocycles. The number of amides is 1. The van der Waals surface area contributed by atoms with Gasteiger partial charge in [-0.15, -0.1) is 0 Å². The monoisotopic (exact) mass is 287 g/mol. The van der Waals surface area contributed by atoms with Crippen molar-refractivity contribution in [2.75, 3.05) is 10.6 Å². The summed E-state index contributed by atoms with van der Waals surface area (Å²) in [5, 5.41) is 10.2. The zero-order valence-corrected chi connectivity index (χ0v) is 12.9. The number of benzene rings is 1. The van der Waals surface area contributed by atoms with Crippen molar-refractivity contribution in [1.29, 1.82) is 0 Å². The predicted octanol–water partition coefficient (Wildman–Crippen LogP) is 3.56. The summed E-state index contributed by atoms with van der Waals surface area (Å²) < 4.78 is 5.16. The van der Waals surface area contributed by atoms with Gasteiger partial charge in [-0.1, -0.05) is 18.1 Å². The Balaban J connectivity index is 2.14. The first-order valence-corrected chi connectivity index (χ1v) is 7.08. The molecule has 0 spiro atoms. The molecule has 0 fully saturated rings. The van der Waals surface area contributed by atoms with Crippen LogP contribution >= 0.6 is 0 Å². The van der Waals surface area contributed by atoms with Gasteiger partial charge in [-0.25, -0.2) is 0 Å². The Morgan fingerprint density at radius 2 is 1.95 bits per heavy atom. The highest BCUT2D eigenvalue weighted by molar-refractivity contribution is 5.92. The highest BCUT2D eigenvalue weighted by Crippen LogP contribution is 2.24.